The van der Waals surface area contributed by atoms with E-state index in [4.69, 9.17) is 11.6 Å². The van der Waals surface area contributed by atoms with Crippen LogP contribution in [0.1, 0.15) is 53.3 Å². The predicted octanol–water partition coefficient (Wildman–Crippen LogP) is 4.77. The maximum absolute atomic E-state index is 6.71. The number of likely N-dealkylation sites (tertiary alicyclic amines) is 1. The first-order valence-corrected chi connectivity index (χ1v) is 7.95. The Kier molecular flexibility index (Phi) is 5.29. The van der Waals surface area contributed by atoms with E-state index in [0.717, 1.165) is 6.54 Å². The number of nitrogens with zero attached hydrogens (tertiary/aromatic N) is 1. The molecule has 0 amide bonds. The molecule has 0 aromatic heterocycles. The van der Waals surface area contributed by atoms with Gasteiger partial charge in [0.25, 0.3) is 0 Å². The van der Waals surface area contributed by atoms with Gasteiger partial charge in [0.2, 0.25) is 0 Å². The monoisotopic (exact) mass is 279 g/mol. The molecule has 1 saturated heterocycles. The summed E-state index contributed by atoms with van der Waals surface area (Å²) in [6, 6.07) is 4.50. The van der Waals surface area contributed by atoms with Gasteiger partial charge in [0.1, 0.15) is 0 Å². The molecular weight excluding hydrogens is 254 g/mol. The molecule has 1 fully saturated rings. The van der Waals surface area contributed by atoms with Gasteiger partial charge < -0.3 is 4.90 Å². The lowest BCUT2D eigenvalue weighted by atomic mass is 9.97. The summed E-state index contributed by atoms with van der Waals surface area (Å²) < 4.78 is 0. The Balaban J connectivity index is 2.08. The van der Waals surface area contributed by atoms with Gasteiger partial charge in [0.15, 0.2) is 0 Å². The molecule has 0 radical (unpaired) electrons. The maximum Gasteiger partial charge on any atom is 0.0717 e. The standard InChI is InChI=1S/C17H26ClN/c1-13-10-14(2)17(15(3)11-13)16(18)12-19-8-6-4-5-7-9-19/h10-11,16H,4-9,12H2,1-3H3. The summed E-state index contributed by atoms with van der Waals surface area (Å²) in [7, 11) is 0. The molecule has 106 valence electrons. The fourth-order valence-corrected chi connectivity index (χ4v) is 3.86. The Morgan fingerprint density at radius 2 is 1.53 bits per heavy atom. The van der Waals surface area contributed by atoms with Crippen LogP contribution in [0.5, 0.6) is 0 Å². The van der Waals surface area contributed by atoms with Crippen LogP contribution in [0.25, 0.3) is 0 Å². The summed E-state index contributed by atoms with van der Waals surface area (Å²) in [5, 5.41) is 0.124. The van der Waals surface area contributed by atoms with E-state index in [1.807, 2.05) is 0 Å². The van der Waals surface area contributed by atoms with Crippen molar-refractivity contribution in [2.75, 3.05) is 19.6 Å². The van der Waals surface area contributed by atoms with Crippen molar-refractivity contribution in [2.24, 2.45) is 0 Å². The molecule has 1 aliphatic heterocycles. The average Bonchev–Trinajstić information content (AvgIpc) is 2.56. The molecule has 0 spiro atoms. The van der Waals surface area contributed by atoms with Crippen molar-refractivity contribution in [1.82, 2.24) is 4.90 Å². The molecule has 0 aliphatic carbocycles. The minimum absolute atomic E-state index is 0.124. The summed E-state index contributed by atoms with van der Waals surface area (Å²) in [6.45, 7) is 9.95. The second-order valence-electron chi connectivity index (χ2n) is 5.99. The maximum atomic E-state index is 6.71. The first-order chi connectivity index (χ1) is 9.08. The summed E-state index contributed by atoms with van der Waals surface area (Å²) in [5.41, 5.74) is 5.36. The van der Waals surface area contributed by atoms with E-state index in [1.54, 1.807) is 0 Å². The van der Waals surface area contributed by atoms with Gasteiger partial charge in [-0.05, 0) is 63.4 Å². The first kappa shape index (κ1) is 14.9. The van der Waals surface area contributed by atoms with Gasteiger partial charge in [0, 0.05) is 6.54 Å². The van der Waals surface area contributed by atoms with Crippen molar-refractivity contribution in [1.29, 1.82) is 0 Å². The van der Waals surface area contributed by atoms with Crippen LogP contribution in [0.4, 0.5) is 0 Å². The van der Waals surface area contributed by atoms with Gasteiger partial charge in [-0.25, -0.2) is 0 Å². The van der Waals surface area contributed by atoms with E-state index in [1.165, 1.54) is 61.0 Å². The molecule has 0 N–H and O–H groups in total. The Bertz CT molecular complexity index is 396. The number of hydrogen-bond donors (Lipinski definition) is 0. The van der Waals surface area contributed by atoms with Crippen LogP contribution in [-0.4, -0.2) is 24.5 Å². The fourth-order valence-electron chi connectivity index (χ4n) is 3.32. The van der Waals surface area contributed by atoms with Crippen LogP contribution in [0.2, 0.25) is 0 Å². The van der Waals surface area contributed by atoms with Crippen LogP contribution >= 0.6 is 11.6 Å². The van der Waals surface area contributed by atoms with Crippen molar-refractivity contribution in [3.05, 3.63) is 34.4 Å². The zero-order chi connectivity index (χ0) is 13.8. The van der Waals surface area contributed by atoms with Crippen LogP contribution in [0.3, 0.4) is 0 Å². The van der Waals surface area contributed by atoms with Crippen molar-refractivity contribution in [3.63, 3.8) is 0 Å². The third-order valence-corrected chi connectivity index (χ3v) is 4.52. The third-order valence-electron chi connectivity index (χ3n) is 4.17. The van der Waals surface area contributed by atoms with Crippen molar-refractivity contribution < 1.29 is 0 Å². The Labute approximate surface area is 123 Å². The van der Waals surface area contributed by atoms with Crippen LogP contribution in [0.15, 0.2) is 12.1 Å². The topological polar surface area (TPSA) is 3.24 Å². The van der Waals surface area contributed by atoms with E-state index >= 15 is 0 Å². The molecular formula is C17H26ClN. The average molecular weight is 280 g/mol. The number of rotatable bonds is 3. The highest BCUT2D eigenvalue weighted by atomic mass is 35.5. The highest BCUT2D eigenvalue weighted by molar-refractivity contribution is 6.21. The Morgan fingerprint density at radius 1 is 1.00 bits per heavy atom. The van der Waals surface area contributed by atoms with Crippen LogP contribution in [-0.2, 0) is 0 Å². The normalized spacial score (nSPS) is 19.2. The van der Waals surface area contributed by atoms with Gasteiger partial charge in [-0.3, -0.25) is 0 Å². The highest BCUT2D eigenvalue weighted by Crippen LogP contribution is 2.29. The molecule has 2 heteroatoms. The molecule has 1 aliphatic rings. The van der Waals surface area contributed by atoms with Crippen molar-refractivity contribution in [2.45, 2.75) is 51.8 Å². The second-order valence-corrected chi connectivity index (χ2v) is 6.52. The fraction of sp³-hybridized carbons (Fsp3) is 0.647. The number of hydrogen-bond acceptors (Lipinski definition) is 1. The molecule has 1 aromatic rings. The molecule has 1 atom stereocenters. The molecule has 1 unspecified atom stereocenters. The SMILES string of the molecule is Cc1cc(C)c(C(Cl)CN2CCCCCC2)c(C)c1. The third kappa shape index (κ3) is 3.97. The van der Waals surface area contributed by atoms with Crippen molar-refractivity contribution in [3.8, 4) is 0 Å². The quantitative estimate of drug-likeness (QED) is 0.721. The zero-order valence-electron chi connectivity index (χ0n) is 12.5. The molecule has 1 heterocycles. The zero-order valence-corrected chi connectivity index (χ0v) is 13.3. The second kappa shape index (κ2) is 6.76. The molecule has 1 aromatic carbocycles. The van der Waals surface area contributed by atoms with E-state index in [9.17, 15) is 0 Å². The number of alkyl halides is 1. The van der Waals surface area contributed by atoms with Crippen LogP contribution < -0.4 is 0 Å². The molecule has 19 heavy (non-hydrogen) atoms. The molecule has 0 bridgehead atoms. The minimum atomic E-state index is 0.124. The van der Waals surface area contributed by atoms with E-state index in [-0.39, 0.29) is 5.38 Å². The van der Waals surface area contributed by atoms with Gasteiger partial charge in [-0.2, -0.15) is 0 Å². The highest BCUT2D eigenvalue weighted by Gasteiger charge is 2.18. The summed E-state index contributed by atoms with van der Waals surface area (Å²) in [4.78, 5) is 2.55. The lowest BCUT2D eigenvalue weighted by molar-refractivity contribution is 0.285. The van der Waals surface area contributed by atoms with Crippen LogP contribution in [0, 0.1) is 20.8 Å². The smallest absolute Gasteiger partial charge is 0.0717 e. The predicted molar refractivity (Wildman–Crippen MR) is 84.2 cm³/mol. The minimum Gasteiger partial charge on any atom is -0.302 e. The van der Waals surface area contributed by atoms with Gasteiger partial charge in [-0.1, -0.05) is 30.5 Å². The van der Waals surface area contributed by atoms with E-state index in [2.05, 4.69) is 37.8 Å². The lowest BCUT2D eigenvalue weighted by Gasteiger charge is -2.25. The molecule has 1 nitrogen and oxygen atoms in total. The Morgan fingerprint density at radius 3 is 2.05 bits per heavy atom. The van der Waals surface area contributed by atoms with Gasteiger partial charge in [-0.15, -0.1) is 11.6 Å². The van der Waals surface area contributed by atoms with Gasteiger partial charge >= 0.3 is 0 Å². The molecule has 2 rings (SSSR count). The van der Waals surface area contributed by atoms with E-state index in [0.29, 0.717) is 0 Å². The summed E-state index contributed by atoms with van der Waals surface area (Å²) >= 11 is 6.71. The molecule has 0 saturated carbocycles. The number of halogens is 1. The van der Waals surface area contributed by atoms with E-state index < -0.39 is 0 Å². The number of benzene rings is 1. The van der Waals surface area contributed by atoms with Crippen molar-refractivity contribution >= 4 is 11.6 Å². The largest absolute Gasteiger partial charge is 0.302 e. The first-order valence-electron chi connectivity index (χ1n) is 7.52. The lowest BCUT2D eigenvalue weighted by Crippen LogP contribution is -2.28. The van der Waals surface area contributed by atoms with Gasteiger partial charge in [0.05, 0.1) is 5.38 Å². The summed E-state index contributed by atoms with van der Waals surface area (Å²) in [6.07, 6.45) is 5.42. The Hall–Kier alpha value is -0.530. The number of aryl methyl sites for hydroxylation is 3. The summed E-state index contributed by atoms with van der Waals surface area (Å²) in [5.74, 6) is 0.